The van der Waals surface area contributed by atoms with Gasteiger partial charge in [0.25, 0.3) is 0 Å². The van der Waals surface area contributed by atoms with E-state index < -0.39 is 0 Å². The molecule has 24 heavy (non-hydrogen) atoms. The molecule has 0 N–H and O–H groups in total. The average Bonchev–Trinajstić information content (AvgIpc) is 2.61. The van der Waals surface area contributed by atoms with Gasteiger partial charge < -0.3 is 9.80 Å². The predicted octanol–water partition coefficient (Wildman–Crippen LogP) is 3.53. The molecule has 0 aliphatic carbocycles. The van der Waals surface area contributed by atoms with Gasteiger partial charge in [0.15, 0.2) is 0 Å². The van der Waals surface area contributed by atoms with Gasteiger partial charge in [-0.25, -0.2) is 9.97 Å². The molecule has 1 aromatic carbocycles. The van der Waals surface area contributed by atoms with Gasteiger partial charge in [-0.05, 0) is 38.3 Å². The van der Waals surface area contributed by atoms with Gasteiger partial charge >= 0.3 is 5.69 Å². The number of rotatable bonds is 4. The Balaban J connectivity index is 2.07. The largest absolute Gasteiger partial charge is 0.353 e. The van der Waals surface area contributed by atoms with Gasteiger partial charge in [-0.15, -0.1) is 0 Å². The first kappa shape index (κ1) is 16.2. The number of aromatic nitrogens is 2. The van der Waals surface area contributed by atoms with Gasteiger partial charge in [0.05, 0.1) is 4.92 Å². The van der Waals surface area contributed by atoms with E-state index in [2.05, 4.69) is 16.9 Å². The number of anilines is 3. The molecule has 1 aromatic heterocycles. The maximum Gasteiger partial charge on any atom is 0.353 e. The van der Waals surface area contributed by atoms with Crippen molar-refractivity contribution in [3.63, 3.8) is 0 Å². The second-order valence-electron chi connectivity index (χ2n) is 6.06. The van der Waals surface area contributed by atoms with E-state index in [1.54, 1.807) is 11.9 Å². The summed E-state index contributed by atoms with van der Waals surface area (Å²) in [4.78, 5) is 23.7. The van der Waals surface area contributed by atoms with Crippen LogP contribution in [0.1, 0.15) is 26.2 Å². The highest BCUT2D eigenvalue weighted by Crippen LogP contribution is 2.38. The second kappa shape index (κ2) is 6.82. The third-order valence-electron chi connectivity index (χ3n) is 4.50. The van der Waals surface area contributed by atoms with Crippen molar-refractivity contribution in [2.24, 2.45) is 0 Å². The third kappa shape index (κ3) is 3.02. The van der Waals surface area contributed by atoms with Crippen LogP contribution < -0.4 is 9.80 Å². The lowest BCUT2D eigenvalue weighted by atomic mass is 10.0. The van der Waals surface area contributed by atoms with Crippen LogP contribution in [0.15, 0.2) is 36.7 Å². The smallest absolute Gasteiger partial charge is 0.348 e. The van der Waals surface area contributed by atoms with Gasteiger partial charge in [-0.1, -0.05) is 18.2 Å². The molecule has 1 unspecified atom stereocenters. The minimum Gasteiger partial charge on any atom is -0.348 e. The topological polar surface area (TPSA) is 75.4 Å². The molecule has 7 heteroatoms. The van der Waals surface area contributed by atoms with Gasteiger partial charge in [0.1, 0.15) is 6.33 Å². The van der Waals surface area contributed by atoms with Crippen molar-refractivity contribution >= 4 is 23.0 Å². The molecule has 3 rings (SSSR count). The quantitative estimate of drug-likeness (QED) is 0.631. The number of benzene rings is 1. The van der Waals surface area contributed by atoms with Crippen molar-refractivity contribution in [1.29, 1.82) is 0 Å². The molecule has 1 atom stereocenters. The molecule has 0 bridgehead atoms. The summed E-state index contributed by atoms with van der Waals surface area (Å²) < 4.78 is 0. The highest BCUT2D eigenvalue weighted by atomic mass is 16.6. The van der Waals surface area contributed by atoms with Gasteiger partial charge in [0, 0.05) is 25.3 Å². The van der Waals surface area contributed by atoms with Crippen LogP contribution >= 0.6 is 0 Å². The summed E-state index contributed by atoms with van der Waals surface area (Å²) in [5, 5.41) is 11.8. The van der Waals surface area contributed by atoms with Crippen LogP contribution in [0.2, 0.25) is 0 Å². The number of hydrogen-bond acceptors (Lipinski definition) is 6. The number of nitro groups is 1. The van der Waals surface area contributed by atoms with E-state index in [4.69, 9.17) is 0 Å². The van der Waals surface area contributed by atoms with E-state index >= 15 is 0 Å². The summed E-state index contributed by atoms with van der Waals surface area (Å²) in [5.74, 6) is 0.731. The maximum atomic E-state index is 11.8. The SMILES string of the molecule is CC1CCCCN1c1ncnc(N(C)c2ccccc2)c1[N+](=O)[O-]. The van der Waals surface area contributed by atoms with Crippen LogP contribution in [-0.2, 0) is 0 Å². The van der Waals surface area contributed by atoms with E-state index in [0.717, 1.165) is 31.5 Å². The predicted molar refractivity (Wildman–Crippen MR) is 93.9 cm³/mol. The first-order valence-electron chi connectivity index (χ1n) is 8.14. The molecule has 0 radical (unpaired) electrons. The van der Waals surface area contributed by atoms with Gasteiger partial charge in [-0.3, -0.25) is 10.1 Å². The standard InChI is InChI=1S/C17H21N5O2/c1-13-8-6-7-11-21(13)17-15(22(23)24)16(18-12-19-17)20(2)14-9-4-3-5-10-14/h3-5,9-10,12-13H,6-8,11H2,1-2H3. The summed E-state index contributed by atoms with van der Waals surface area (Å²) >= 11 is 0. The van der Waals surface area contributed by atoms with Gasteiger partial charge in [-0.2, -0.15) is 0 Å². The molecule has 0 spiro atoms. The van der Waals surface area contributed by atoms with E-state index in [1.165, 1.54) is 6.33 Å². The molecular formula is C17H21N5O2. The molecule has 0 saturated carbocycles. The third-order valence-corrected chi connectivity index (χ3v) is 4.50. The van der Waals surface area contributed by atoms with E-state index in [-0.39, 0.29) is 16.7 Å². The van der Waals surface area contributed by atoms with Crippen molar-refractivity contribution in [3.8, 4) is 0 Å². The van der Waals surface area contributed by atoms with Crippen molar-refractivity contribution in [2.75, 3.05) is 23.4 Å². The zero-order chi connectivity index (χ0) is 17.1. The number of para-hydroxylation sites is 1. The van der Waals surface area contributed by atoms with Crippen molar-refractivity contribution in [2.45, 2.75) is 32.2 Å². The summed E-state index contributed by atoms with van der Waals surface area (Å²) in [6.07, 6.45) is 4.60. The molecule has 0 amide bonds. The normalized spacial score (nSPS) is 17.6. The Morgan fingerprint density at radius 3 is 2.67 bits per heavy atom. The second-order valence-corrected chi connectivity index (χ2v) is 6.06. The number of nitrogens with zero attached hydrogens (tertiary/aromatic N) is 5. The van der Waals surface area contributed by atoms with Crippen molar-refractivity contribution in [3.05, 3.63) is 46.8 Å². The summed E-state index contributed by atoms with van der Waals surface area (Å²) in [6, 6.07) is 9.73. The first-order chi connectivity index (χ1) is 11.6. The monoisotopic (exact) mass is 327 g/mol. The fraction of sp³-hybridized carbons (Fsp3) is 0.412. The van der Waals surface area contributed by atoms with Crippen molar-refractivity contribution in [1.82, 2.24) is 9.97 Å². The molecule has 1 aliphatic rings. The van der Waals surface area contributed by atoms with E-state index in [1.807, 2.05) is 35.2 Å². The molecule has 1 aliphatic heterocycles. The van der Waals surface area contributed by atoms with Crippen LogP contribution in [0, 0.1) is 10.1 Å². The van der Waals surface area contributed by atoms with Crippen molar-refractivity contribution < 1.29 is 4.92 Å². The summed E-state index contributed by atoms with van der Waals surface area (Å²) in [5.41, 5.74) is 0.814. The zero-order valence-electron chi connectivity index (χ0n) is 13.9. The van der Waals surface area contributed by atoms with Crippen LogP contribution in [0.4, 0.5) is 23.0 Å². The summed E-state index contributed by atoms with van der Waals surface area (Å²) in [6.45, 7) is 2.87. The number of piperidine rings is 1. The van der Waals surface area contributed by atoms with Crippen LogP contribution in [0.3, 0.4) is 0 Å². The Kier molecular flexibility index (Phi) is 4.59. The lowest BCUT2D eigenvalue weighted by Crippen LogP contribution is -2.38. The zero-order valence-corrected chi connectivity index (χ0v) is 13.9. The molecular weight excluding hydrogens is 306 g/mol. The molecule has 2 heterocycles. The lowest BCUT2D eigenvalue weighted by molar-refractivity contribution is -0.383. The van der Waals surface area contributed by atoms with Crippen LogP contribution in [0.25, 0.3) is 0 Å². The number of hydrogen-bond donors (Lipinski definition) is 0. The lowest BCUT2D eigenvalue weighted by Gasteiger charge is -2.34. The Morgan fingerprint density at radius 1 is 1.25 bits per heavy atom. The molecule has 1 fully saturated rings. The first-order valence-corrected chi connectivity index (χ1v) is 8.14. The molecule has 126 valence electrons. The minimum atomic E-state index is -0.370. The van der Waals surface area contributed by atoms with Crippen LogP contribution in [-0.4, -0.2) is 34.5 Å². The van der Waals surface area contributed by atoms with E-state index in [0.29, 0.717) is 11.6 Å². The Bertz CT molecular complexity index is 722. The van der Waals surface area contributed by atoms with E-state index in [9.17, 15) is 10.1 Å². The van der Waals surface area contributed by atoms with Crippen LogP contribution in [0.5, 0.6) is 0 Å². The Morgan fingerprint density at radius 2 is 2.00 bits per heavy atom. The fourth-order valence-electron chi connectivity index (χ4n) is 3.17. The molecule has 2 aromatic rings. The minimum absolute atomic E-state index is 0.0300. The fourth-order valence-corrected chi connectivity index (χ4v) is 3.17. The van der Waals surface area contributed by atoms with Gasteiger partial charge in [0.2, 0.25) is 11.6 Å². The highest BCUT2D eigenvalue weighted by Gasteiger charge is 2.32. The highest BCUT2D eigenvalue weighted by molar-refractivity contribution is 5.76. The maximum absolute atomic E-state index is 11.8. The molecule has 1 saturated heterocycles. The Hall–Kier alpha value is -2.70. The summed E-state index contributed by atoms with van der Waals surface area (Å²) in [7, 11) is 1.79. The molecule has 7 nitrogen and oxygen atoms in total. The Labute approximate surface area is 141 Å². The average molecular weight is 327 g/mol.